The number of aromatic nitrogens is 1. The summed E-state index contributed by atoms with van der Waals surface area (Å²) in [6, 6.07) is 1.69. The van der Waals surface area contributed by atoms with Crippen molar-refractivity contribution in [1.29, 1.82) is 0 Å². The highest BCUT2D eigenvalue weighted by Crippen LogP contribution is 2.35. The Morgan fingerprint density at radius 3 is 2.53 bits per heavy atom. The molecular formula is C12H14F3N3S. The second-order valence-corrected chi connectivity index (χ2v) is 5.00. The topological polar surface area (TPSA) is 42.1 Å². The van der Waals surface area contributed by atoms with Crippen molar-refractivity contribution in [3.8, 4) is 0 Å². The fourth-order valence-corrected chi connectivity index (χ4v) is 2.47. The molecule has 0 atom stereocenters. The van der Waals surface area contributed by atoms with Crippen LogP contribution in [0, 0.1) is 5.92 Å². The Morgan fingerprint density at radius 2 is 2.00 bits per heavy atom. The molecule has 1 saturated heterocycles. The molecule has 2 N–H and O–H groups in total. The lowest BCUT2D eigenvalue weighted by atomic mass is 9.95. The van der Waals surface area contributed by atoms with Crippen LogP contribution in [-0.2, 0) is 0 Å². The Morgan fingerprint density at radius 1 is 1.37 bits per heavy atom. The summed E-state index contributed by atoms with van der Waals surface area (Å²) in [5.41, 5.74) is 7.00. The van der Waals surface area contributed by atoms with E-state index < -0.39 is 12.1 Å². The molecule has 0 radical (unpaired) electrons. The number of halogens is 3. The van der Waals surface area contributed by atoms with Crippen molar-refractivity contribution in [1.82, 2.24) is 4.98 Å². The molecule has 1 aromatic rings. The van der Waals surface area contributed by atoms with Crippen molar-refractivity contribution in [2.75, 3.05) is 18.0 Å². The van der Waals surface area contributed by atoms with Gasteiger partial charge in [-0.05, 0) is 18.9 Å². The van der Waals surface area contributed by atoms with E-state index in [0.29, 0.717) is 18.7 Å². The molecule has 2 heterocycles. The van der Waals surface area contributed by atoms with Crippen molar-refractivity contribution in [2.45, 2.75) is 19.0 Å². The first-order chi connectivity index (χ1) is 8.89. The third-order valence-electron chi connectivity index (χ3n) is 3.36. The first-order valence-corrected chi connectivity index (χ1v) is 6.36. The predicted octanol–water partition coefficient (Wildman–Crippen LogP) is 2.49. The normalized spacial score (nSPS) is 17.5. The molecule has 0 unspecified atom stereocenters. The van der Waals surface area contributed by atoms with Gasteiger partial charge < -0.3 is 10.6 Å². The minimum Gasteiger partial charge on any atom is -0.389 e. The number of thiocarbonyl (C=S) groups is 1. The lowest BCUT2D eigenvalue weighted by Gasteiger charge is -2.35. The number of nitrogens with two attached hydrogens (primary N) is 1. The van der Waals surface area contributed by atoms with Crippen LogP contribution in [0.15, 0.2) is 18.5 Å². The van der Waals surface area contributed by atoms with Crippen LogP contribution in [0.5, 0.6) is 0 Å². The molecule has 0 aliphatic carbocycles. The van der Waals surface area contributed by atoms with E-state index >= 15 is 0 Å². The maximum absolute atomic E-state index is 12.6. The number of anilines is 1. The first kappa shape index (κ1) is 14.0. The summed E-state index contributed by atoms with van der Waals surface area (Å²) in [6.07, 6.45) is -0.750. The van der Waals surface area contributed by atoms with E-state index in [1.54, 1.807) is 18.5 Å². The molecule has 0 bridgehead atoms. The third-order valence-corrected chi connectivity index (χ3v) is 3.58. The summed E-state index contributed by atoms with van der Waals surface area (Å²) < 4.78 is 37.8. The lowest BCUT2D eigenvalue weighted by molar-refractivity contribution is -0.179. The van der Waals surface area contributed by atoms with Crippen molar-refractivity contribution in [2.24, 2.45) is 11.7 Å². The molecule has 3 nitrogen and oxygen atoms in total. The highest BCUT2D eigenvalue weighted by Gasteiger charge is 2.41. The van der Waals surface area contributed by atoms with Gasteiger partial charge in [0.05, 0.1) is 17.8 Å². The van der Waals surface area contributed by atoms with Crippen LogP contribution in [0.25, 0.3) is 0 Å². The fourth-order valence-electron chi connectivity index (χ4n) is 2.29. The lowest BCUT2D eigenvalue weighted by Crippen LogP contribution is -2.39. The summed E-state index contributed by atoms with van der Waals surface area (Å²) in [4.78, 5) is 6.09. The molecule has 0 saturated carbocycles. The molecule has 7 heteroatoms. The molecule has 19 heavy (non-hydrogen) atoms. The van der Waals surface area contributed by atoms with Crippen LogP contribution < -0.4 is 10.6 Å². The van der Waals surface area contributed by atoms with Gasteiger partial charge in [0, 0.05) is 24.8 Å². The SMILES string of the molecule is NC(=S)c1ccncc1N1CCC(C(F)(F)F)CC1. The van der Waals surface area contributed by atoms with Crippen LogP contribution >= 0.6 is 12.2 Å². The van der Waals surface area contributed by atoms with E-state index in [4.69, 9.17) is 18.0 Å². The highest BCUT2D eigenvalue weighted by atomic mass is 32.1. The van der Waals surface area contributed by atoms with E-state index in [9.17, 15) is 13.2 Å². The molecule has 1 aliphatic heterocycles. The van der Waals surface area contributed by atoms with Crippen molar-refractivity contribution >= 4 is 22.9 Å². The first-order valence-electron chi connectivity index (χ1n) is 5.95. The summed E-state index contributed by atoms with van der Waals surface area (Å²) in [5, 5.41) is 0. The Balaban J connectivity index is 2.12. The monoisotopic (exact) mass is 289 g/mol. The number of piperidine rings is 1. The highest BCUT2D eigenvalue weighted by molar-refractivity contribution is 7.80. The molecule has 1 fully saturated rings. The molecule has 104 valence electrons. The zero-order valence-corrected chi connectivity index (χ0v) is 11.0. The van der Waals surface area contributed by atoms with Gasteiger partial charge in [-0.2, -0.15) is 13.2 Å². The van der Waals surface area contributed by atoms with Crippen molar-refractivity contribution < 1.29 is 13.2 Å². The summed E-state index contributed by atoms with van der Waals surface area (Å²) >= 11 is 4.94. The molecule has 2 rings (SSSR count). The maximum Gasteiger partial charge on any atom is 0.391 e. The van der Waals surface area contributed by atoms with Crippen molar-refractivity contribution in [3.05, 3.63) is 24.0 Å². The zero-order chi connectivity index (χ0) is 14.0. The molecule has 1 aliphatic rings. The van der Waals surface area contributed by atoms with Crippen molar-refractivity contribution in [3.63, 3.8) is 0 Å². The summed E-state index contributed by atoms with van der Waals surface area (Å²) in [6.45, 7) is 0.678. The fraction of sp³-hybridized carbons (Fsp3) is 0.500. The second-order valence-electron chi connectivity index (χ2n) is 4.56. The Labute approximate surface area is 114 Å². The van der Waals surface area contributed by atoms with Gasteiger partial charge in [-0.15, -0.1) is 0 Å². The standard InChI is InChI=1S/C12H14F3N3S/c13-12(14,15)8-2-5-18(6-3-8)10-7-17-4-1-9(10)11(16)19/h1,4,7-8H,2-3,5-6H2,(H2,16,19). The largest absolute Gasteiger partial charge is 0.391 e. The van der Waals surface area contributed by atoms with Gasteiger partial charge >= 0.3 is 6.18 Å². The van der Waals surface area contributed by atoms with E-state index in [1.165, 1.54) is 0 Å². The van der Waals surface area contributed by atoms with Gasteiger partial charge in [-0.1, -0.05) is 12.2 Å². The van der Waals surface area contributed by atoms with Crippen LogP contribution in [0.2, 0.25) is 0 Å². The zero-order valence-electron chi connectivity index (χ0n) is 10.2. The number of nitrogens with zero attached hydrogens (tertiary/aromatic N) is 2. The number of hydrogen-bond acceptors (Lipinski definition) is 3. The molecule has 1 aromatic heterocycles. The average Bonchev–Trinajstić information content (AvgIpc) is 2.38. The number of rotatable bonds is 2. The van der Waals surface area contributed by atoms with Gasteiger partial charge in [-0.25, -0.2) is 0 Å². The minimum atomic E-state index is -4.10. The molecule has 0 amide bonds. The molecule has 0 aromatic carbocycles. The van der Waals surface area contributed by atoms with E-state index in [0.717, 1.165) is 5.69 Å². The Kier molecular flexibility index (Phi) is 3.93. The molecule has 0 spiro atoms. The average molecular weight is 289 g/mol. The van der Waals surface area contributed by atoms with Gasteiger partial charge in [-0.3, -0.25) is 4.98 Å². The summed E-state index contributed by atoms with van der Waals surface area (Å²) in [5.74, 6) is -1.21. The Hall–Kier alpha value is -1.37. The third kappa shape index (κ3) is 3.15. The van der Waals surface area contributed by atoms with Crippen LogP contribution in [-0.4, -0.2) is 29.2 Å². The Bertz CT molecular complexity index is 468. The van der Waals surface area contributed by atoms with Crippen LogP contribution in [0.1, 0.15) is 18.4 Å². The predicted molar refractivity (Wildman–Crippen MR) is 71.1 cm³/mol. The van der Waals surface area contributed by atoms with Gasteiger partial charge in [0.25, 0.3) is 0 Å². The second kappa shape index (κ2) is 5.32. The van der Waals surface area contributed by atoms with E-state index in [1.807, 2.05) is 4.90 Å². The van der Waals surface area contributed by atoms with Gasteiger partial charge in [0.15, 0.2) is 0 Å². The smallest absolute Gasteiger partial charge is 0.389 e. The van der Waals surface area contributed by atoms with Crippen LogP contribution in [0.3, 0.4) is 0 Å². The van der Waals surface area contributed by atoms with Gasteiger partial charge in [0.1, 0.15) is 4.99 Å². The minimum absolute atomic E-state index is 0.0924. The summed E-state index contributed by atoms with van der Waals surface area (Å²) in [7, 11) is 0. The van der Waals surface area contributed by atoms with E-state index in [-0.39, 0.29) is 17.8 Å². The van der Waals surface area contributed by atoms with Crippen LogP contribution in [0.4, 0.5) is 18.9 Å². The number of hydrogen-bond donors (Lipinski definition) is 1. The number of pyridine rings is 1. The maximum atomic E-state index is 12.6. The molecular weight excluding hydrogens is 275 g/mol. The quantitative estimate of drug-likeness (QED) is 0.849. The van der Waals surface area contributed by atoms with Gasteiger partial charge in [0.2, 0.25) is 0 Å². The van der Waals surface area contributed by atoms with E-state index in [2.05, 4.69) is 4.98 Å². The number of alkyl halides is 3.